The number of nitrogens with zero attached hydrogens (tertiary/aromatic N) is 2. The number of ether oxygens (including phenoxy) is 4. The smallest absolute Gasteiger partial charge is 0.408 e. The SMILES string of the molecule is COC(=O)[C@H](COC(C)C)NC(=O)OCc1ccccc1.Cc1cc2c3ccnc(C)c3c(=O)n(C)c2cc1OC[C@@H](N)CC(C)C. The van der Waals surface area contributed by atoms with E-state index in [0.717, 1.165) is 45.3 Å². The average molecular weight is 649 g/mol. The monoisotopic (exact) mass is 648 g/mol. The molecule has 11 nitrogen and oxygen atoms in total. The molecule has 254 valence electrons. The summed E-state index contributed by atoms with van der Waals surface area (Å²) in [6, 6.07) is 14.3. The maximum atomic E-state index is 12.8. The lowest BCUT2D eigenvalue weighted by molar-refractivity contribution is -0.145. The number of aryl methyl sites for hydroxylation is 3. The number of amides is 1. The highest BCUT2D eigenvalue weighted by Crippen LogP contribution is 2.30. The molecule has 0 aliphatic carbocycles. The minimum atomic E-state index is -0.888. The van der Waals surface area contributed by atoms with Crippen LogP contribution in [0.15, 0.2) is 59.5 Å². The number of benzene rings is 2. The van der Waals surface area contributed by atoms with Crippen LogP contribution in [0.3, 0.4) is 0 Å². The normalized spacial score (nSPS) is 12.4. The van der Waals surface area contributed by atoms with E-state index in [-0.39, 0.29) is 30.9 Å². The second kappa shape index (κ2) is 17.4. The Morgan fingerprint density at radius 2 is 1.70 bits per heavy atom. The van der Waals surface area contributed by atoms with Gasteiger partial charge in [0, 0.05) is 30.7 Å². The standard InChI is InChI=1S/C21H27N3O2.C15H21NO5/c1-12(2)8-15(22)11-26-19-10-18-17(9-13(19)3)16-6-7-23-14(4)20(16)21(25)24(18)5;1-11(2)20-10-13(14(17)19-3)16-15(18)21-9-12-7-5-4-6-8-12/h6-7,9-10,12,15H,8,11,22H2,1-5H3;4-8,11,13H,9-10H2,1-3H3,(H,16,18)/t15-;13-/m00/s1. The Kier molecular flexibility index (Phi) is 13.7. The van der Waals surface area contributed by atoms with Crippen LogP contribution in [0.2, 0.25) is 0 Å². The van der Waals surface area contributed by atoms with E-state index in [1.807, 2.05) is 70.2 Å². The van der Waals surface area contributed by atoms with Crippen molar-refractivity contribution in [1.82, 2.24) is 14.9 Å². The van der Waals surface area contributed by atoms with E-state index in [9.17, 15) is 14.4 Å². The molecule has 0 unspecified atom stereocenters. The molecule has 11 heteroatoms. The van der Waals surface area contributed by atoms with Crippen LogP contribution >= 0.6 is 0 Å². The summed E-state index contributed by atoms with van der Waals surface area (Å²) in [5.41, 5.74) is 9.60. The number of nitrogens with two attached hydrogens (primary N) is 1. The zero-order chi connectivity index (χ0) is 34.7. The summed E-state index contributed by atoms with van der Waals surface area (Å²) < 4.78 is 22.6. The van der Waals surface area contributed by atoms with E-state index in [1.54, 1.807) is 17.8 Å². The summed E-state index contributed by atoms with van der Waals surface area (Å²) in [6.45, 7) is 12.5. The number of carbonyl (C=O) groups excluding carboxylic acids is 2. The third-order valence-electron chi connectivity index (χ3n) is 7.42. The van der Waals surface area contributed by atoms with Gasteiger partial charge in [-0.25, -0.2) is 9.59 Å². The van der Waals surface area contributed by atoms with Gasteiger partial charge in [0.25, 0.3) is 5.56 Å². The number of aromatic nitrogens is 2. The van der Waals surface area contributed by atoms with Crippen molar-refractivity contribution < 1.29 is 28.5 Å². The maximum absolute atomic E-state index is 12.8. The number of nitrogens with one attached hydrogen (secondary N) is 1. The Balaban J connectivity index is 0.000000262. The lowest BCUT2D eigenvalue weighted by atomic mass is 10.0. The molecule has 4 aromatic rings. The number of pyridine rings is 2. The van der Waals surface area contributed by atoms with Gasteiger partial charge in [0.05, 0.1) is 36.4 Å². The second-order valence-corrected chi connectivity index (χ2v) is 12.2. The molecule has 4 rings (SSSR count). The van der Waals surface area contributed by atoms with Gasteiger partial charge in [-0.3, -0.25) is 9.78 Å². The lowest BCUT2D eigenvalue weighted by Crippen LogP contribution is -2.45. The van der Waals surface area contributed by atoms with Gasteiger partial charge < -0.3 is 34.6 Å². The van der Waals surface area contributed by atoms with Gasteiger partial charge in [-0.15, -0.1) is 0 Å². The fraction of sp³-hybridized carbons (Fsp3) is 0.444. The molecule has 0 fully saturated rings. The molecule has 47 heavy (non-hydrogen) atoms. The maximum Gasteiger partial charge on any atom is 0.408 e. The van der Waals surface area contributed by atoms with E-state index in [4.69, 9.17) is 19.9 Å². The number of rotatable bonds is 12. The molecule has 2 atom stereocenters. The van der Waals surface area contributed by atoms with Crippen LogP contribution in [0, 0.1) is 19.8 Å². The van der Waals surface area contributed by atoms with E-state index in [2.05, 4.69) is 35.0 Å². The molecule has 2 aromatic heterocycles. The summed E-state index contributed by atoms with van der Waals surface area (Å²) in [5.74, 6) is 0.736. The molecule has 0 bridgehead atoms. The largest absolute Gasteiger partial charge is 0.492 e. The van der Waals surface area contributed by atoms with Crippen LogP contribution in [0.25, 0.3) is 21.7 Å². The van der Waals surface area contributed by atoms with Crippen molar-refractivity contribution in [2.24, 2.45) is 18.7 Å². The molecule has 0 saturated carbocycles. The molecule has 2 heterocycles. The number of fused-ring (bicyclic) bond motifs is 3. The third kappa shape index (κ3) is 10.5. The predicted molar refractivity (Wildman–Crippen MR) is 184 cm³/mol. The van der Waals surface area contributed by atoms with Crippen molar-refractivity contribution in [2.75, 3.05) is 20.3 Å². The highest BCUT2D eigenvalue weighted by Gasteiger charge is 2.23. The van der Waals surface area contributed by atoms with Crippen LogP contribution in [0.1, 0.15) is 50.9 Å². The van der Waals surface area contributed by atoms with Crippen molar-refractivity contribution in [2.45, 2.75) is 72.8 Å². The number of hydrogen-bond donors (Lipinski definition) is 2. The Bertz CT molecular complexity index is 1700. The summed E-state index contributed by atoms with van der Waals surface area (Å²) in [6.07, 6.45) is 1.92. The lowest BCUT2D eigenvalue weighted by Gasteiger charge is -2.18. The van der Waals surface area contributed by atoms with Crippen LogP contribution in [-0.4, -0.2) is 60.1 Å². The molecule has 2 aromatic carbocycles. The first kappa shape index (κ1) is 37.0. The number of hydrogen-bond acceptors (Lipinski definition) is 9. The highest BCUT2D eigenvalue weighted by molar-refractivity contribution is 6.06. The first-order valence-corrected chi connectivity index (χ1v) is 15.8. The second-order valence-electron chi connectivity index (χ2n) is 12.2. The molecule has 0 saturated heterocycles. The van der Waals surface area contributed by atoms with Crippen LogP contribution in [-0.2, 0) is 32.7 Å². The van der Waals surface area contributed by atoms with E-state index >= 15 is 0 Å². The fourth-order valence-corrected chi connectivity index (χ4v) is 5.04. The van der Waals surface area contributed by atoms with E-state index in [1.165, 1.54) is 7.11 Å². The van der Waals surface area contributed by atoms with Crippen molar-refractivity contribution >= 4 is 33.7 Å². The third-order valence-corrected chi connectivity index (χ3v) is 7.42. The minimum Gasteiger partial charge on any atom is -0.492 e. The zero-order valence-corrected chi connectivity index (χ0v) is 28.7. The predicted octanol–water partition coefficient (Wildman–Crippen LogP) is 5.34. The van der Waals surface area contributed by atoms with Gasteiger partial charge in [0.15, 0.2) is 6.04 Å². The molecular weight excluding hydrogens is 600 g/mol. The van der Waals surface area contributed by atoms with Gasteiger partial charge in [0.1, 0.15) is 19.0 Å². The zero-order valence-electron chi connectivity index (χ0n) is 28.7. The van der Waals surface area contributed by atoms with Crippen molar-refractivity contribution in [3.05, 3.63) is 81.9 Å². The molecule has 0 spiro atoms. The van der Waals surface area contributed by atoms with Crippen LogP contribution in [0.5, 0.6) is 5.75 Å². The summed E-state index contributed by atoms with van der Waals surface area (Å²) in [5, 5.41) is 5.07. The highest BCUT2D eigenvalue weighted by atomic mass is 16.6. The van der Waals surface area contributed by atoms with Gasteiger partial charge in [0.2, 0.25) is 0 Å². The Morgan fingerprint density at radius 1 is 1.00 bits per heavy atom. The van der Waals surface area contributed by atoms with Gasteiger partial charge in [-0.05, 0) is 68.7 Å². The molecule has 1 amide bonds. The molecule has 0 aliphatic heterocycles. The Labute approximate surface area is 276 Å². The van der Waals surface area contributed by atoms with Gasteiger partial charge in [-0.2, -0.15) is 0 Å². The topological polar surface area (TPSA) is 144 Å². The first-order chi connectivity index (χ1) is 22.3. The van der Waals surface area contributed by atoms with E-state index < -0.39 is 18.1 Å². The first-order valence-electron chi connectivity index (χ1n) is 15.8. The molecule has 0 aliphatic rings. The quantitative estimate of drug-likeness (QED) is 0.154. The summed E-state index contributed by atoms with van der Waals surface area (Å²) in [7, 11) is 3.04. The molecular formula is C36H48N4O7. The molecule has 3 N–H and O–H groups in total. The fourth-order valence-electron chi connectivity index (χ4n) is 5.04. The average Bonchev–Trinajstić information content (AvgIpc) is 3.03. The van der Waals surface area contributed by atoms with Crippen LogP contribution < -0.4 is 21.3 Å². The number of carbonyl (C=O) groups is 2. The van der Waals surface area contributed by atoms with Crippen LogP contribution in [0.4, 0.5) is 4.79 Å². The minimum absolute atomic E-state index is 0.000700. The van der Waals surface area contributed by atoms with Crippen molar-refractivity contribution in [3.8, 4) is 5.75 Å². The number of esters is 1. The number of methoxy groups -OCH3 is 1. The van der Waals surface area contributed by atoms with Crippen molar-refractivity contribution in [3.63, 3.8) is 0 Å². The number of alkyl carbamates (subject to hydrolysis) is 1. The molecule has 0 radical (unpaired) electrons. The van der Waals surface area contributed by atoms with Gasteiger partial charge >= 0.3 is 12.1 Å². The Morgan fingerprint density at radius 3 is 2.34 bits per heavy atom. The summed E-state index contributed by atoms with van der Waals surface area (Å²) >= 11 is 0. The van der Waals surface area contributed by atoms with Gasteiger partial charge in [-0.1, -0.05) is 44.2 Å². The van der Waals surface area contributed by atoms with Crippen molar-refractivity contribution in [1.29, 1.82) is 0 Å². The van der Waals surface area contributed by atoms with E-state index in [0.29, 0.717) is 17.9 Å². The Hall–Kier alpha value is -4.48. The summed E-state index contributed by atoms with van der Waals surface area (Å²) in [4.78, 5) is 40.3.